The number of hydrogen-bond donors (Lipinski definition) is 1. The van der Waals surface area contributed by atoms with Crippen molar-refractivity contribution in [1.82, 2.24) is 4.90 Å². The van der Waals surface area contributed by atoms with Crippen LogP contribution in [0.3, 0.4) is 0 Å². The fraction of sp³-hybridized carbons (Fsp3) is 0.211. The van der Waals surface area contributed by atoms with Gasteiger partial charge in [-0.25, -0.2) is 0 Å². The molecule has 2 aromatic rings. The van der Waals surface area contributed by atoms with E-state index in [4.69, 9.17) is 11.6 Å². The topological polar surface area (TPSA) is 66.5 Å². The number of halogens is 1. The van der Waals surface area contributed by atoms with Crippen molar-refractivity contribution in [3.05, 3.63) is 64.7 Å². The maximum absolute atomic E-state index is 12.8. The third-order valence-electron chi connectivity index (χ3n) is 4.13. The number of benzene rings is 2. The molecule has 1 aliphatic rings. The molecule has 1 aliphatic heterocycles. The first-order valence-electron chi connectivity index (χ1n) is 8.05. The van der Waals surface area contributed by atoms with E-state index in [9.17, 15) is 14.4 Å². The molecule has 0 aliphatic carbocycles. The fourth-order valence-electron chi connectivity index (χ4n) is 2.89. The molecular weight excluding hydrogens is 372 g/mol. The average Bonchev–Trinajstić information content (AvgIpc) is 2.87. The summed E-state index contributed by atoms with van der Waals surface area (Å²) in [5.74, 6) is -0.632. The summed E-state index contributed by atoms with van der Waals surface area (Å²) in [6, 6.07) is 12.5. The van der Waals surface area contributed by atoms with Gasteiger partial charge in [-0.05, 0) is 48.8 Å². The smallest absolute Gasteiger partial charge is 0.262 e. The third kappa shape index (κ3) is 3.61. The molecule has 26 heavy (non-hydrogen) atoms. The lowest BCUT2D eigenvalue weighted by Gasteiger charge is -2.25. The number of imide groups is 1. The number of carbonyl (C=O) groups is 3. The first-order chi connectivity index (χ1) is 12.5. The zero-order valence-corrected chi connectivity index (χ0v) is 15.6. The van der Waals surface area contributed by atoms with Gasteiger partial charge in [0.25, 0.3) is 11.8 Å². The molecule has 0 fully saturated rings. The molecule has 0 bridgehead atoms. The number of nitrogens with one attached hydrogen (secondary N) is 1. The van der Waals surface area contributed by atoms with Crippen LogP contribution in [0.2, 0.25) is 5.02 Å². The Kier molecular flexibility index (Phi) is 5.64. The van der Waals surface area contributed by atoms with E-state index < -0.39 is 23.8 Å². The number of hydrogen-bond acceptors (Lipinski definition) is 4. The van der Waals surface area contributed by atoms with E-state index in [1.165, 1.54) is 0 Å². The molecule has 5 nitrogen and oxygen atoms in total. The molecule has 0 spiro atoms. The minimum absolute atomic E-state index is 0.335. The van der Waals surface area contributed by atoms with Crippen LogP contribution in [-0.2, 0) is 4.79 Å². The van der Waals surface area contributed by atoms with Crippen LogP contribution in [0.15, 0.2) is 48.5 Å². The normalized spacial score (nSPS) is 14.3. The van der Waals surface area contributed by atoms with Gasteiger partial charge in [-0.1, -0.05) is 29.8 Å². The van der Waals surface area contributed by atoms with Crippen LogP contribution in [0.1, 0.15) is 27.1 Å². The van der Waals surface area contributed by atoms with Crippen molar-refractivity contribution in [2.75, 3.05) is 17.3 Å². The molecular formula is C19H17ClN2O3S. The Labute approximate surface area is 160 Å². The summed E-state index contributed by atoms with van der Waals surface area (Å²) in [5, 5.41) is 3.25. The standard InChI is InChI=1S/C19H17ClN2O3S/c1-26-10-9-16(17(23)21-13-6-4-5-12(20)11-13)22-18(24)14-7-2-3-8-15(14)19(22)25/h2-8,11,16H,9-10H2,1H3,(H,21,23). The van der Waals surface area contributed by atoms with Crippen LogP contribution >= 0.6 is 23.4 Å². The van der Waals surface area contributed by atoms with E-state index in [0.717, 1.165) is 4.90 Å². The Morgan fingerprint density at radius 1 is 1.12 bits per heavy atom. The predicted molar refractivity (Wildman–Crippen MR) is 104 cm³/mol. The summed E-state index contributed by atoms with van der Waals surface area (Å²) in [5.41, 5.74) is 1.19. The van der Waals surface area contributed by atoms with Gasteiger partial charge in [0.05, 0.1) is 11.1 Å². The Morgan fingerprint density at radius 3 is 2.35 bits per heavy atom. The molecule has 134 valence electrons. The van der Waals surface area contributed by atoms with Crippen molar-refractivity contribution in [2.45, 2.75) is 12.5 Å². The van der Waals surface area contributed by atoms with Crippen LogP contribution in [0.25, 0.3) is 0 Å². The lowest BCUT2D eigenvalue weighted by molar-refractivity contribution is -0.120. The van der Waals surface area contributed by atoms with Gasteiger partial charge in [0, 0.05) is 10.7 Å². The largest absolute Gasteiger partial charge is 0.324 e. The van der Waals surface area contributed by atoms with Gasteiger partial charge in [-0.2, -0.15) is 11.8 Å². The molecule has 0 aromatic heterocycles. The fourth-order valence-corrected chi connectivity index (χ4v) is 3.54. The molecule has 7 heteroatoms. The Hall–Kier alpha value is -2.31. The van der Waals surface area contributed by atoms with Gasteiger partial charge in [-0.3, -0.25) is 19.3 Å². The third-order valence-corrected chi connectivity index (χ3v) is 5.01. The maximum atomic E-state index is 12.8. The van der Waals surface area contributed by atoms with Crippen molar-refractivity contribution in [2.24, 2.45) is 0 Å². The second kappa shape index (κ2) is 7.93. The van der Waals surface area contributed by atoms with E-state index in [1.54, 1.807) is 60.3 Å². The molecule has 3 amide bonds. The summed E-state index contributed by atoms with van der Waals surface area (Å²) < 4.78 is 0. The van der Waals surface area contributed by atoms with E-state index in [-0.39, 0.29) is 0 Å². The Bertz CT molecular complexity index is 836. The highest BCUT2D eigenvalue weighted by Crippen LogP contribution is 2.27. The number of rotatable bonds is 6. The van der Waals surface area contributed by atoms with Gasteiger partial charge in [0.2, 0.25) is 5.91 Å². The first-order valence-corrected chi connectivity index (χ1v) is 9.82. The van der Waals surface area contributed by atoms with Crippen molar-refractivity contribution < 1.29 is 14.4 Å². The second-order valence-electron chi connectivity index (χ2n) is 5.82. The van der Waals surface area contributed by atoms with Gasteiger partial charge in [-0.15, -0.1) is 0 Å². The van der Waals surface area contributed by atoms with E-state index in [0.29, 0.717) is 34.0 Å². The number of nitrogens with zero attached hydrogens (tertiary/aromatic N) is 1. The number of carbonyl (C=O) groups excluding carboxylic acids is 3. The molecule has 0 saturated carbocycles. The molecule has 3 rings (SSSR count). The van der Waals surface area contributed by atoms with Gasteiger partial charge < -0.3 is 5.32 Å². The highest BCUT2D eigenvalue weighted by molar-refractivity contribution is 7.98. The summed E-state index contributed by atoms with van der Waals surface area (Å²) in [6.45, 7) is 0. The number of fused-ring (bicyclic) bond motifs is 1. The molecule has 0 radical (unpaired) electrons. The highest BCUT2D eigenvalue weighted by Gasteiger charge is 2.42. The summed E-state index contributed by atoms with van der Waals surface area (Å²) >= 11 is 7.50. The van der Waals surface area contributed by atoms with Crippen molar-refractivity contribution in [1.29, 1.82) is 0 Å². The zero-order valence-electron chi connectivity index (χ0n) is 14.1. The van der Waals surface area contributed by atoms with Crippen LogP contribution < -0.4 is 5.32 Å². The first kappa shape index (κ1) is 18.5. The average molecular weight is 389 g/mol. The van der Waals surface area contributed by atoms with Crippen molar-refractivity contribution >= 4 is 46.8 Å². The minimum Gasteiger partial charge on any atom is -0.324 e. The Balaban J connectivity index is 1.88. The van der Waals surface area contributed by atoms with Crippen molar-refractivity contribution in [3.8, 4) is 0 Å². The van der Waals surface area contributed by atoms with Crippen LogP contribution in [0, 0.1) is 0 Å². The number of amides is 3. The van der Waals surface area contributed by atoms with E-state index in [2.05, 4.69) is 5.32 Å². The van der Waals surface area contributed by atoms with Crippen LogP contribution in [0.5, 0.6) is 0 Å². The quantitative estimate of drug-likeness (QED) is 0.766. The van der Waals surface area contributed by atoms with Gasteiger partial charge >= 0.3 is 0 Å². The molecule has 2 aromatic carbocycles. The maximum Gasteiger partial charge on any atom is 0.262 e. The Morgan fingerprint density at radius 2 is 1.77 bits per heavy atom. The van der Waals surface area contributed by atoms with Crippen LogP contribution in [0.4, 0.5) is 5.69 Å². The second-order valence-corrected chi connectivity index (χ2v) is 7.24. The van der Waals surface area contributed by atoms with Gasteiger partial charge in [0.15, 0.2) is 0 Å². The molecule has 1 heterocycles. The summed E-state index contributed by atoms with van der Waals surface area (Å²) in [6.07, 6.45) is 2.29. The molecule has 1 atom stereocenters. The zero-order chi connectivity index (χ0) is 18.7. The molecule has 0 saturated heterocycles. The van der Waals surface area contributed by atoms with Gasteiger partial charge in [0.1, 0.15) is 6.04 Å². The predicted octanol–water partition coefficient (Wildman–Crippen LogP) is 3.70. The van der Waals surface area contributed by atoms with E-state index >= 15 is 0 Å². The monoisotopic (exact) mass is 388 g/mol. The van der Waals surface area contributed by atoms with Crippen molar-refractivity contribution in [3.63, 3.8) is 0 Å². The van der Waals surface area contributed by atoms with E-state index in [1.807, 2.05) is 6.26 Å². The van der Waals surface area contributed by atoms with Crippen LogP contribution in [-0.4, -0.2) is 40.7 Å². The lowest BCUT2D eigenvalue weighted by atomic mass is 10.1. The minimum atomic E-state index is -0.881. The summed E-state index contributed by atoms with van der Waals surface area (Å²) in [4.78, 5) is 39.4. The number of anilines is 1. The molecule has 1 N–H and O–H groups in total. The lowest BCUT2D eigenvalue weighted by Crippen LogP contribution is -2.47. The molecule has 1 unspecified atom stereocenters. The number of thioether (sulfide) groups is 1. The highest BCUT2D eigenvalue weighted by atomic mass is 35.5. The summed E-state index contributed by atoms with van der Waals surface area (Å²) in [7, 11) is 0. The SMILES string of the molecule is CSCCC(C(=O)Nc1cccc(Cl)c1)N1C(=O)c2ccccc2C1=O.